The second kappa shape index (κ2) is 5.31. The van der Waals surface area contributed by atoms with E-state index in [0.29, 0.717) is 5.54 Å². The number of likely N-dealkylation sites (tertiary alicyclic amines) is 1. The van der Waals surface area contributed by atoms with Crippen molar-refractivity contribution in [2.75, 3.05) is 18.8 Å². The fraction of sp³-hybridized carbons (Fsp3) is 0.625. The minimum absolute atomic E-state index is 0.326. The molecule has 2 nitrogen and oxygen atoms in total. The summed E-state index contributed by atoms with van der Waals surface area (Å²) in [4.78, 5) is 2.60. The number of anilines is 1. The van der Waals surface area contributed by atoms with Gasteiger partial charge >= 0.3 is 0 Å². The summed E-state index contributed by atoms with van der Waals surface area (Å²) >= 11 is 0. The Balaban J connectivity index is 1.85. The van der Waals surface area contributed by atoms with Gasteiger partial charge < -0.3 is 5.73 Å². The molecular formula is C16H26N2. The van der Waals surface area contributed by atoms with E-state index in [1.54, 1.807) is 0 Å². The van der Waals surface area contributed by atoms with Crippen LogP contribution in [0.4, 0.5) is 5.69 Å². The molecule has 0 aliphatic carbocycles. The van der Waals surface area contributed by atoms with Crippen LogP contribution in [0.25, 0.3) is 0 Å². The molecule has 0 atom stereocenters. The Morgan fingerprint density at radius 2 is 1.67 bits per heavy atom. The third-order valence-corrected chi connectivity index (χ3v) is 4.07. The zero-order chi connectivity index (χ0) is 13.2. The molecule has 0 spiro atoms. The number of hydrogen-bond acceptors (Lipinski definition) is 2. The summed E-state index contributed by atoms with van der Waals surface area (Å²) in [7, 11) is 0. The van der Waals surface area contributed by atoms with Gasteiger partial charge in [-0.25, -0.2) is 0 Å². The number of benzene rings is 1. The van der Waals surface area contributed by atoms with Crippen molar-refractivity contribution in [1.82, 2.24) is 4.90 Å². The monoisotopic (exact) mass is 246 g/mol. The first-order valence-electron chi connectivity index (χ1n) is 7.04. The van der Waals surface area contributed by atoms with Crippen molar-refractivity contribution in [2.24, 2.45) is 5.92 Å². The maximum Gasteiger partial charge on any atom is 0.0314 e. The summed E-state index contributed by atoms with van der Waals surface area (Å²) in [5, 5.41) is 0. The molecule has 0 amide bonds. The molecule has 0 bridgehead atoms. The minimum Gasteiger partial charge on any atom is -0.399 e. The summed E-state index contributed by atoms with van der Waals surface area (Å²) in [6.07, 6.45) is 3.85. The predicted molar refractivity (Wildman–Crippen MR) is 78.6 cm³/mol. The molecule has 2 heteroatoms. The van der Waals surface area contributed by atoms with E-state index in [1.165, 1.54) is 37.9 Å². The van der Waals surface area contributed by atoms with Crippen LogP contribution in [0.3, 0.4) is 0 Å². The summed E-state index contributed by atoms with van der Waals surface area (Å²) in [5.74, 6) is 0.840. The summed E-state index contributed by atoms with van der Waals surface area (Å²) < 4.78 is 0. The van der Waals surface area contributed by atoms with E-state index >= 15 is 0 Å². The van der Waals surface area contributed by atoms with Crippen molar-refractivity contribution < 1.29 is 0 Å². The largest absolute Gasteiger partial charge is 0.399 e. The van der Waals surface area contributed by atoms with E-state index in [4.69, 9.17) is 5.73 Å². The average Bonchev–Trinajstić information content (AvgIpc) is 2.32. The van der Waals surface area contributed by atoms with Gasteiger partial charge in [0.05, 0.1) is 0 Å². The third kappa shape index (κ3) is 3.49. The van der Waals surface area contributed by atoms with Gasteiger partial charge in [-0.1, -0.05) is 12.1 Å². The third-order valence-electron chi connectivity index (χ3n) is 4.07. The fourth-order valence-corrected chi connectivity index (χ4v) is 2.79. The molecule has 1 fully saturated rings. The lowest BCUT2D eigenvalue weighted by Crippen LogP contribution is -2.46. The first-order chi connectivity index (χ1) is 8.45. The first kappa shape index (κ1) is 13.4. The van der Waals surface area contributed by atoms with Crippen LogP contribution in [-0.2, 0) is 6.42 Å². The maximum atomic E-state index is 5.72. The second-order valence-electron chi connectivity index (χ2n) is 6.55. The van der Waals surface area contributed by atoms with Gasteiger partial charge in [-0.3, -0.25) is 4.90 Å². The number of piperidine rings is 1. The lowest BCUT2D eigenvalue weighted by atomic mass is 9.88. The zero-order valence-electron chi connectivity index (χ0n) is 11.9. The highest BCUT2D eigenvalue weighted by Gasteiger charge is 2.26. The highest BCUT2D eigenvalue weighted by molar-refractivity contribution is 5.39. The van der Waals surface area contributed by atoms with Crippen molar-refractivity contribution in [1.29, 1.82) is 0 Å². The van der Waals surface area contributed by atoms with Gasteiger partial charge in [0, 0.05) is 11.2 Å². The second-order valence-corrected chi connectivity index (χ2v) is 6.55. The van der Waals surface area contributed by atoms with Crippen LogP contribution in [0, 0.1) is 5.92 Å². The van der Waals surface area contributed by atoms with Crippen LogP contribution >= 0.6 is 0 Å². The molecule has 1 aliphatic rings. The number of nitrogens with zero attached hydrogens (tertiary/aromatic N) is 1. The number of nitrogen functional groups attached to an aromatic ring is 1. The summed E-state index contributed by atoms with van der Waals surface area (Å²) in [6, 6.07) is 8.37. The number of hydrogen-bond donors (Lipinski definition) is 1. The van der Waals surface area contributed by atoms with E-state index < -0.39 is 0 Å². The van der Waals surface area contributed by atoms with E-state index in [2.05, 4.69) is 37.8 Å². The number of rotatable bonds is 2. The molecule has 18 heavy (non-hydrogen) atoms. The molecule has 2 N–H and O–H groups in total. The molecular weight excluding hydrogens is 220 g/mol. The van der Waals surface area contributed by atoms with Gasteiger partial charge in [0.1, 0.15) is 0 Å². The van der Waals surface area contributed by atoms with E-state index in [9.17, 15) is 0 Å². The van der Waals surface area contributed by atoms with Crippen molar-refractivity contribution in [3.8, 4) is 0 Å². The van der Waals surface area contributed by atoms with Crippen molar-refractivity contribution in [3.63, 3.8) is 0 Å². The molecule has 1 aliphatic heterocycles. The lowest BCUT2D eigenvalue weighted by Gasteiger charge is -2.41. The summed E-state index contributed by atoms with van der Waals surface area (Å²) in [6.45, 7) is 9.42. The summed E-state index contributed by atoms with van der Waals surface area (Å²) in [5.41, 5.74) is 8.34. The molecule has 1 aromatic carbocycles. The van der Waals surface area contributed by atoms with Crippen molar-refractivity contribution in [2.45, 2.75) is 45.6 Å². The quantitative estimate of drug-likeness (QED) is 0.811. The highest BCUT2D eigenvalue weighted by atomic mass is 15.2. The van der Waals surface area contributed by atoms with Crippen molar-refractivity contribution >= 4 is 5.69 Å². The molecule has 0 unspecified atom stereocenters. The smallest absolute Gasteiger partial charge is 0.0314 e. The van der Waals surface area contributed by atoms with E-state index in [1.807, 2.05) is 12.1 Å². The Hall–Kier alpha value is -1.02. The molecule has 0 radical (unpaired) electrons. The van der Waals surface area contributed by atoms with Gasteiger partial charge in [0.15, 0.2) is 0 Å². The SMILES string of the molecule is CC(C)(C)N1CCC(Cc2ccc(N)cc2)CC1. The normalized spacial score (nSPS) is 19.1. The topological polar surface area (TPSA) is 29.3 Å². The molecule has 2 rings (SSSR count). The van der Waals surface area contributed by atoms with Crippen LogP contribution in [0.1, 0.15) is 39.2 Å². The van der Waals surface area contributed by atoms with Gasteiger partial charge in [-0.15, -0.1) is 0 Å². The van der Waals surface area contributed by atoms with E-state index in [0.717, 1.165) is 11.6 Å². The molecule has 0 aromatic heterocycles. The Bertz CT molecular complexity index is 367. The predicted octanol–water partition coefficient (Wildman–Crippen LogP) is 3.32. The van der Waals surface area contributed by atoms with Crippen molar-refractivity contribution in [3.05, 3.63) is 29.8 Å². The van der Waals surface area contributed by atoms with Crippen LogP contribution in [-0.4, -0.2) is 23.5 Å². The van der Waals surface area contributed by atoms with Crippen LogP contribution in [0.15, 0.2) is 24.3 Å². The van der Waals surface area contributed by atoms with Crippen LogP contribution in [0.5, 0.6) is 0 Å². The Labute approximate surface area is 111 Å². The molecule has 0 saturated carbocycles. The van der Waals surface area contributed by atoms with Gasteiger partial charge in [0.25, 0.3) is 0 Å². The van der Waals surface area contributed by atoms with Crippen LogP contribution < -0.4 is 5.73 Å². The maximum absolute atomic E-state index is 5.72. The number of nitrogens with two attached hydrogens (primary N) is 1. The molecule has 1 heterocycles. The molecule has 1 saturated heterocycles. The highest BCUT2D eigenvalue weighted by Crippen LogP contribution is 2.26. The van der Waals surface area contributed by atoms with Gasteiger partial charge in [-0.2, -0.15) is 0 Å². The fourth-order valence-electron chi connectivity index (χ4n) is 2.79. The minimum atomic E-state index is 0.326. The molecule has 100 valence electrons. The Kier molecular flexibility index (Phi) is 3.96. The first-order valence-corrected chi connectivity index (χ1v) is 7.04. The van der Waals surface area contributed by atoms with Gasteiger partial charge in [-0.05, 0) is 76.7 Å². The van der Waals surface area contributed by atoms with Crippen LogP contribution in [0.2, 0.25) is 0 Å². The Morgan fingerprint density at radius 1 is 1.11 bits per heavy atom. The zero-order valence-corrected chi connectivity index (χ0v) is 11.9. The van der Waals surface area contributed by atoms with E-state index in [-0.39, 0.29) is 0 Å². The standard InChI is InChI=1S/C16H26N2/c1-16(2,3)18-10-8-14(9-11-18)12-13-4-6-15(17)7-5-13/h4-7,14H,8-12,17H2,1-3H3. The Morgan fingerprint density at radius 3 is 2.17 bits per heavy atom. The average molecular weight is 246 g/mol. The molecule has 1 aromatic rings. The lowest BCUT2D eigenvalue weighted by molar-refractivity contribution is 0.0876. The van der Waals surface area contributed by atoms with Gasteiger partial charge in [0.2, 0.25) is 0 Å².